The molecule has 0 spiro atoms. The molecule has 0 fully saturated rings. The second-order valence-corrected chi connectivity index (χ2v) is 1.83. The minimum atomic E-state index is -2.35. The van der Waals surface area contributed by atoms with Crippen LogP contribution in [0.4, 0.5) is 0 Å². The summed E-state index contributed by atoms with van der Waals surface area (Å²) in [6.07, 6.45) is 0. The minimum absolute atomic E-state index is 0. The second kappa shape index (κ2) is 8.11. The molecule has 0 aromatic rings. The molecular formula is C2H9NNaO3P. The summed E-state index contributed by atoms with van der Waals surface area (Å²) in [5.41, 5.74) is 0. The van der Waals surface area contributed by atoms with Gasteiger partial charge in [0, 0.05) is 0 Å². The van der Waals surface area contributed by atoms with Crippen molar-refractivity contribution in [2.75, 3.05) is 6.61 Å². The van der Waals surface area contributed by atoms with Crippen molar-refractivity contribution in [3.05, 3.63) is 0 Å². The van der Waals surface area contributed by atoms with Gasteiger partial charge < -0.3 is 4.52 Å². The fourth-order valence-corrected chi connectivity index (χ4v) is 0.456. The molecule has 0 amide bonds. The molecule has 4 nitrogen and oxygen atoms in total. The van der Waals surface area contributed by atoms with Crippen molar-refractivity contribution in [1.82, 2.24) is 0 Å². The number of hydrogen-bond donors (Lipinski definition) is 1. The quantitative estimate of drug-likeness (QED) is 0.338. The molecule has 0 aliphatic carbocycles. The van der Waals surface area contributed by atoms with Crippen LogP contribution in [0.3, 0.4) is 0 Å². The first-order valence-electron chi connectivity index (χ1n) is 1.84. The summed E-state index contributed by atoms with van der Waals surface area (Å²) < 4.78 is 18.2. The molecule has 0 saturated heterocycles. The Bertz CT molecular complexity index is 70.3. The van der Waals surface area contributed by atoms with Gasteiger partial charge in [-0.1, -0.05) is 0 Å². The summed E-state index contributed by atoms with van der Waals surface area (Å²) >= 11 is 0. The Morgan fingerprint density at radius 2 is 2.25 bits per heavy atom. The maximum atomic E-state index is 10.0. The molecule has 8 heavy (non-hydrogen) atoms. The second-order valence-electron chi connectivity index (χ2n) is 0.801. The average Bonchev–Trinajstić information content (AvgIpc) is 1.68. The Hall–Kier alpha value is 1.11. The zero-order valence-corrected chi connectivity index (χ0v) is 5.01. The van der Waals surface area contributed by atoms with E-state index < -0.39 is 8.25 Å². The van der Waals surface area contributed by atoms with Crippen LogP contribution in [0.25, 0.3) is 0 Å². The molecule has 1 atom stereocenters. The van der Waals surface area contributed by atoms with Gasteiger partial charge in [0.05, 0.1) is 6.61 Å². The number of rotatable bonds is 3. The first-order chi connectivity index (χ1) is 3.31. The monoisotopic (exact) mass is 149 g/mol. The van der Waals surface area contributed by atoms with Crippen molar-refractivity contribution < 1.29 is 13.7 Å². The van der Waals surface area contributed by atoms with E-state index >= 15 is 0 Å². The molecular weight excluding hydrogens is 140 g/mol. The van der Waals surface area contributed by atoms with Gasteiger partial charge in [-0.25, -0.2) is 10.5 Å². The van der Waals surface area contributed by atoms with Crippen molar-refractivity contribution in [2.45, 2.75) is 6.92 Å². The molecule has 0 radical (unpaired) electrons. The van der Waals surface area contributed by atoms with E-state index in [9.17, 15) is 4.57 Å². The van der Waals surface area contributed by atoms with Gasteiger partial charge in [-0.3, -0.25) is 4.57 Å². The van der Waals surface area contributed by atoms with E-state index in [1.165, 1.54) is 0 Å². The molecule has 0 aliphatic rings. The van der Waals surface area contributed by atoms with Crippen LogP contribution in [0, 0.1) is 0 Å². The van der Waals surface area contributed by atoms with Gasteiger partial charge in [-0.05, 0) is 6.92 Å². The molecule has 0 bridgehead atoms. The van der Waals surface area contributed by atoms with Crippen LogP contribution >= 0.6 is 8.25 Å². The molecule has 1 unspecified atom stereocenters. The van der Waals surface area contributed by atoms with E-state index in [1.807, 2.05) is 0 Å². The van der Waals surface area contributed by atoms with Crippen LogP contribution in [-0.4, -0.2) is 36.2 Å². The number of hydrogen-bond acceptors (Lipinski definition) is 4. The third-order valence-corrected chi connectivity index (χ3v) is 1.08. The predicted molar refractivity (Wildman–Crippen MR) is 33.0 cm³/mol. The van der Waals surface area contributed by atoms with Crippen LogP contribution in [0.15, 0.2) is 0 Å². The molecule has 0 rings (SSSR count). The molecule has 46 valence electrons. The van der Waals surface area contributed by atoms with E-state index in [-0.39, 0.29) is 29.6 Å². The van der Waals surface area contributed by atoms with Crippen molar-refractivity contribution >= 4 is 37.8 Å². The van der Waals surface area contributed by atoms with Crippen LogP contribution in [-0.2, 0) is 13.7 Å². The van der Waals surface area contributed by atoms with Gasteiger partial charge >= 0.3 is 37.8 Å². The van der Waals surface area contributed by atoms with Crippen LogP contribution in [0.1, 0.15) is 6.92 Å². The summed E-state index contributed by atoms with van der Waals surface area (Å²) in [7, 11) is -2.35. The van der Waals surface area contributed by atoms with Crippen LogP contribution < -0.4 is 5.90 Å². The Morgan fingerprint density at radius 3 is 2.38 bits per heavy atom. The maximum absolute atomic E-state index is 10.0. The Morgan fingerprint density at radius 1 is 1.75 bits per heavy atom. The molecule has 0 aromatic heterocycles. The standard InChI is InChI=1S/C2H8NO3P.Na.H/c1-2-5-7(4)6-3;;/h7H,2-3H2,1H3;;. The van der Waals surface area contributed by atoms with Gasteiger partial charge in [0.1, 0.15) is 0 Å². The van der Waals surface area contributed by atoms with Crippen molar-refractivity contribution in [2.24, 2.45) is 5.90 Å². The summed E-state index contributed by atoms with van der Waals surface area (Å²) in [5.74, 6) is 4.47. The van der Waals surface area contributed by atoms with E-state index in [0.717, 1.165) is 0 Å². The molecule has 0 heterocycles. The van der Waals surface area contributed by atoms with E-state index in [4.69, 9.17) is 0 Å². The first-order valence-corrected chi connectivity index (χ1v) is 3.07. The van der Waals surface area contributed by atoms with Crippen LogP contribution in [0.5, 0.6) is 0 Å². The summed E-state index contributed by atoms with van der Waals surface area (Å²) in [6, 6.07) is 0. The fourth-order valence-electron chi connectivity index (χ4n) is 0.152. The fraction of sp³-hybridized carbons (Fsp3) is 1.00. The summed E-state index contributed by atoms with van der Waals surface area (Å²) in [5, 5.41) is 0. The molecule has 6 heteroatoms. The van der Waals surface area contributed by atoms with E-state index in [2.05, 4.69) is 15.0 Å². The molecule has 0 aliphatic heterocycles. The average molecular weight is 149 g/mol. The Kier molecular flexibility index (Phi) is 12.0. The normalized spacial score (nSPS) is 12.2. The Balaban J connectivity index is 0. The number of nitrogens with two attached hydrogens (primary N) is 1. The first kappa shape index (κ1) is 11.9. The third-order valence-electron chi connectivity index (χ3n) is 0.358. The summed E-state index contributed by atoms with van der Waals surface area (Å²) in [4.78, 5) is 0. The predicted octanol–water partition coefficient (Wildman–Crippen LogP) is -0.346. The van der Waals surface area contributed by atoms with Crippen molar-refractivity contribution in [1.29, 1.82) is 0 Å². The third kappa shape index (κ3) is 7.11. The van der Waals surface area contributed by atoms with Gasteiger partial charge in [-0.2, -0.15) is 0 Å². The SMILES string of the molecule is CCO[PH](=O)ON.[NaH]. The molecule has 0 saturated carbocycles. The van der Waals surface area contributed by atoms with Gasteiger partial charge in [0.25, 0.3) is 0 Å². The van der Waals surface area contributed by atoms with Gasteiger partial charge in [0.15, 0.2) is 0 Å². The summed E-state index contributed by atoms with van der Waals surface area (Å²) in [6.45, 7) is 2.08. The van der Waals surface area contributed by atoms with Crippen molar-refractivity contribution in [3.8, 4) is 0 Å². The van der Waals surface area contributed by atoms with Crippen molar-refractivity contribution in [3.63, 3.8) is 0 Å². The van der Waals surface area contributed by atoms with E-state index in [0.29, 0.717) is 6.61 Å². The molecule has 2 N–H and O–H groups in total. The van der Waals surface area contributed by atoms with Gasteiger partial charge in [0.2, 0.25) is 0 Å². The topological polar surface area (TPSA) is 61.5 Å². The Labute approximate surface area is 70.9 Å². The zero-order chi connectivity index (χ0) is 5.70. The van der Waals surface area contributed by atoms with E-state index in [1.54, 1.807) is 6.92 Å². The zero-order valence-electron chi connectivity index (χ0n) is 4.01. The molecule has 0 aromatic carbocycles. The van der Waals surface area contributed by atoms with Gasteiger partial charge in [-0.15, -0.1) is 0 Å². The van der Waals surface area contributed by atoms with Crippen LogP contribution in [0.2, 0.25) is 0 Å².